The van der Waals surface area contributed by atoms with Crippen molar-refractivity contribution < 1.29 is 14.3 Å². The van der Waals surface area contributed by atoms with E-state index in [1.807, 2.05) is 13.8 Å². The third-order valence-corrected chi connectivity index (χ3v) is 2.83. The molecule has 0 saturated heterocycles. The van der Waals surface area contributed by atoms with Crippen molar-refractivity contribution in [2.24, 2.45) is 5.41 Å². The molecule has 4 nitrogen and oxygen atoms in total. The Morgan fingerprint density at radius 2 is 2.11 bits per heavy atom. The van der Waals surface area contributed by atoms with Gasteiger partial charge in [0, 0.05) is 5.56 Å². The maximum Gasteiger partial charge on any atom is 0.161 e. The van der Waals surface area contributed by atoms with Crippen molar-refractivity contribution in [3.05, 3.63) is 23.8 Å². The number of methoxy groups -OCH3 is 1. The topological polar surface area (TPSA) is 59.3 Å². The summed E-state index contributed by atoms with van der Waals surface area (Å²) >= 11 is 0. The summed E-state index contributed by atoms with van der Waals surface area (Å²) in [6, 6.07) is 7.30. The average Bonchev–Trinajstić information content (AvgIpc) is 2.43. The molecule has 102 valence electrons. The summed E-state index contributed by atoms with van der Waals surface area (Å²) < 4.78 is 10.8. The first-order valence-electron chi connectivity index (χ1n) is 6.19. The van der Waals surface area contributed by atoms with Crippen molar-refractivity contribution in [2.45, 2.75) is 26.7 Å². The Balaban J connectivity index is 2.54. The van der Waals surface area contributed by atoms with Crippen LogP contribution in [-0.2, 0) is 0 Å². The van der Waals surface area contributed by atoms with E-state index >= 15 is 0 Å². The average molecular weight is 261 g/mol. The summed E-state index contributed by atoms with van der Waals surface area (Å²) in [6.07, 6.45) is 2.33. The third kappa shape index (κ3) is 4.63. The molecule has 0 heterocycles. The van der Waals surface area contributed by atoms with Gasteiger partial charge in [-0.2, -0.15) is 5.26 Å². The first-order chi connectivity index (χ1) is 9.02. The fraction of sp³-hybridized carbons (Fsp3) is 0.467. The highest BCUT2D eigenvalue weighted by atomic mass is 16.5. The Morgan fingerprint density at radius 3 is 2.68 bits per heavy atom. The fourth-order valence-corrected chi connectivity index (χ4v) is 1.63. The summed E-state index contributed by atoms with van der Waals surface area (Å²) in [5.41, 5.74) is 0.226. The summed E-state index contributed by atoms with van der Waals surface area (Å²) in [7, 11) is 1.54. The van der Waals surface area contributed by atoms with Crippen LogP contribution in [0.2, 0.25) is 0 Å². The molecular formula is C15H19NO3. The predicted octanol–water partition coefficient (Wildman–Crippen LogP) is 3.22. The molecule has 0 aromatic heterocycles. The van der Waals surface area contributed by atoms with Crippen LogP contribution in [-0.4, -0.2) is 20.0 Å². The zero-order valence-electron chi connectivity index (χ0n) is 11.6. The molecule has 0 atom stereocenters. The number of carbonyl (C=O) groups excluding carboxylic acids is 1. The molecular weight excluding hydrogens is 242 g/mol. The van der Waals surface area contributed by atoms with Crippen LogP contribution in [0.3, 0.4) is 0 Å². The number of carbonyl (C=O) groups is 1. The van der Waals surface area contributed by atoms with Gasteiger partial charge in [-0.1, -0.05) is 0 Å². The van der Waals surface area contributed by atoms with Gasteiger partial charge in [0.25, 0.3) is 0 Å². The molecule has 0 bridgehead atoms. The number of hydrogen-bond donors (Lipinski definition) is 0. The number of hydrogen-bond acceptors (Lipinski definition) is 4. The highest BCUT2D eigenvalue weighted by Crippen LogP contribution is 2.28. The molecule has 0 aliphatic rings. The maximum atomic E-state index is 10.7. The van der Waals surface area contributed by atoms with E-state index < -0.39 is 0 Å². The first-order valence-corrected chi connectivity index (χ1v) is 6.19. The number of ether oxygens (including phenoxy) is 2. The second-order valence-corrected chi connectivity index (χ2v) is 4.98. The highest BCUT2D eigenvalue weighted by molar-refractivity contribution is 5.76. The van der Waals surface area contributed by atoms with Crippen LogP contribution in [0.25, 0.3) is 0 Å². The van der Waals surface area contributed by atoms with Gasteiger partial charge < -0.3 is 9.47 Å². The first kappa shape index (κ1) is 15.0. The molecule has 0 spiro atoms. The molecule has 0 N–H and O–H groups in total. The van der Waals surface area contributed by atoms with Gasteiger partial charge in [0.2, 0.25) is 0 Å². The quantitative estimate of drug-likeness (QED) is 0.558. The maximum absolute atomic E-state index is 10.7. The van der Waals surface area contributed by atoms with Gasteiger partial charge in [-0.15, -0.1) is 0 Å². The molecule has 19 heavy (non-hydrogen) atoms. The molecule has 1 aromatic rings. The Bertz CT molecular complexity index is 475. The summed E-state index contributed by atoms with van der Waals surface area (Å²) in [4.78, 5) is 10.7. The lowest BCUT2D eigenvalue weighted by Gasteiger charge is -2.15. The van der Waals surface area contributed by atoms with Crippen molar-refractivity contribution in [3.8, 4) is 17.6 Å². The van der Waals surface area contributed by atoms with E-state index in [-0.39, 0.29) is 5.41 Å². The van der Waals surface area contributed by atoms with E-state index in [9.17, 15) is 4.79 Å². The molecule has 4 heteroatoms. The van der Waals surface area contributed by atoms with E-state index in [1.54, 1.807) is 18.2 Å². The van der Waals surface area contributed by atoms with Crippen molar-refractivity contribution in [2.75, 3.05) is 13.7 Å². The minimum atomic E-state index is -0.325. The SMILES string of the molecule is COc1cc(C=O)ccc1OCCCC(C)(C)C#N. The third-order valence-electron chi connectivity index (χ3n) is 2.83. The van der Waals surface area contributed by atoms with E-state index in [4.69, 9.17) is 14.7 Å². The Hall–Kier alpha value is -2.02. The molecule has 0 fully saturated rings. The molecule has 0 aliphatic heterocycles. The van der Waals surface area contributed by atoms with Crippen LogP contribution in [0.15, 0.2) is 18.2 Å². The molecule has 0 amide bonds. The van der Waals surface area contributed by atoms with Crippen LogP contribution in [0.5, 0.6) is 11.5 Å². The summed E-state index contributed by atoms with van der Waals surface area (Å²) in [5, 5.41) is 8.91. The fourth-order valence-electron chi connectivity index (χ4n) is 1.63. The zero-order chi connectivity index (χ0) is 14.3. The van der Waals surface area contributed by atoms with Gasteiger partial charge in [0.05, 0.1) is 25.2 Å². The zero-order valence-corrected chi connectivity index (χ0v) is 11.6. The van der Waals surface area contributed by atoms with Crippen molar-refractivity contribution >= 4 is 6.29 Å². The molecule has 0 radical (unpaired) electrons. The molecule has 0 unspecified atom stereocenters. The largest absolute Gasteiger partial charge is 0.493 e. The number of nitriles is 1. The Labute approximate surface area is 113 Å². The van der Waals surface area contributed by atoms with Crippen molar-refractivity contribution in [1.82, 2.24) is 0 Å². The van der Waals surface area contributed by atoms with Gasteiger partial charge in [0.1, 0.15) is 6.29 Å². The van der Waals surface area contributed by atoms with Crippen LogP contribution in [0, 0.1) is 16.7 Å². The predicted molar refractivity (Wildman–Crippen MR) is 72.5 cm³/mol. The van der Waals surface area contributed by atoms with Crippen molar-refractivity contribution in [1.29, 1.82) is 5.26 Å². The van der Waals surface area contributed by atoms with Gasteiger partial charge in [-0.3, -0.25) is 4.79 Å². The van der Waals surface area contributed by atoms with Gasteiger partial charge in [-0.25, -0.2) is 0 Å². The van der Waals surface area contributed by atoms with E-state index in [0.717, 1.165) is 19.1 Å². The minimum absolute atomic E-state index is 0.325. The van der Waals surface area contributed by atoms with Crippen LogP contribution < -0.4 is 9.47 Å². The second kappa shape index (κ2) is 6.79. The van der Waals surface area contributed by atoms with Crippen LogP contribution in [0.4, 0.5) is 0 Å². The molecule has 1 rings (SSSR count). The summed E-state index contributed by atoms with van der Waals surface area (Å²) in [6.45, 7) is 4.33. The number of aldehydes is 1. The lowest BCUT2D eigenvalue weighted by atomic mass is 9.90. The number of rotatable bonds is 7. The van der Waals surface area contributed by atoms with Gasteiger partial charge in [0.15, 0.2) is 11.5 Å². The minimum Gasteiger partial charge on any atom is -0.493 e. The lowest BCUT2D eigenvalue weighted by molar-refractivity contribution is 0.112. The van der Waals surface area contributed by atoms with E-state index in [1.165, 1.54) is 7.11 Å². The lowest BCUT2D eigenvalue weighted by Crippen LogP contribution is -2.10. The Morgan fingerprint density at radius 1 is 1.37 bits per heavy atom. The van der Waals surface area contributed by atoms with Crippen molar-refractivity contribution in [3.63, 3.8) is 0 Å². The van der Waals surface area contributed by atoms with Crippen LogP contribution in [0.1, 0.15) is 37.0 Å². The van der Waals surface area contributed by atoms with Gasteiger partial charge in [-0.05, 0) is 44.9 Å². The number of nitrogens with zero attached hydrogens (tertiary/aromatic N) is 1. The monoisotopic (exact) mass is 261 g/mol. The van der Waals surface area contributed by atoms with E-state index in [2.05, 4.69) is 6.07 Å². The normalized spacial score (nSPS) is 10.6. The summed E-state index contributed by atoms with van der Waals surface area (Å²) in [5.74, 6) is 1.16. The smallest absolute Gasteiger partial charge is 0.161 e. The molecule has 1 aromatic carbocycles. The molecule has 0 saturated carbocycles. The highest BCUT2D eigenvalue weighted by Gasteiger charge is 2.16. The van der Waals surface area contributed by atoms with E-state index in [0.29, 0.717) is 23.7 Å². The molecule has 0 aliphatic carbocycles. The number of benzene rings is 1. The Kier molecular flexibility index (Phi) is 5.37. The second-order valence-electron chi connectivity index (χ2n) is 4.98. The van der Waals surface area contributed by atoms with Crippen LogP contribution >= 0.6 is 0 Å². The van der Waals surface area contributed by atoms with Gasteiger partial charge >= 0.3 is 0 Å². The standard InChI is InChI=1S/C15H19NO3/c1-15(2,11-16)7-4-8-19-13-6-5-12(10-17)9-14(13)18-3/h5-6,9-10H,4,7-8H2,1-3H3.